The van der Waals surface area contributed by atoms with Crippen molar-refractivity contribution >= 4 is 0 Å². The summed E-state index contributed by atoms with van der Waals surface area (Å²) < 4.78 is 51.5. The van der Waals surface area contributed by atoms with Crippen LogP contribution in [-0.4, -0.2) is 31.7 Å². The van der Waals surface area contributed by atoms with E-state index in [1.807, 2.05) is 6.07 Å². The summed E-state index contributed by atoms with van der Waals surface area (Å²) >= 11 is 0. The summed E-state index contributed by atoms with van der Waals surface area (Å²) in [5.41, 5.74) is 1.15. The quantitative estimate of drug-likeness (QED) is 0.633. The number of nitrogens with zero attached hydrogens (tertiary/aromatic N) is 1. The molecular formula is C23H26F3NO2. The van der Waals surface area contributed by atoms with Crippen molar-refractivity contribution in [1.82, 2.24) is 4.90 Å². The molecule has 0 spiro atoms. The van der Waals surface area contributed by atoms with Crippen LogP contribution in [0.3, 0.4) is 0 Å². The van der Waals surface area contributed by atoms with Gasteiger partial charge in [0.05, 0.1) is 13.7 Å². The van der Waals surface area contributed by atoms with Crippen LogP contribution >= 0.6 is 0 Å². The highest BCUT2D eigenvalue weighted by Crippen LogP contribution is 2.60. The molecule has 2 heterocycles. The summed E-state index contributed by atoms with van der Waals surface area (Å²) in [4.78, 5) is 2.35. The van der Waals surface area contributed by atoms with E-state index in [-0.39, 0.29) is 22.4 Å². The van der Waals surface area contributed by atoms with E-state index in [1.54, 1.807) is 6.07 Å². The largest absolute Gasteiger partial charge is 0.494 e. The smallest absolute Gasteiger partial charge is 0.165 e. The highest BCUT2D eigenvalue weighted by Gasteiger charge is 2.58. The van der Waals surface area contributed by atoms with Crippen LogP contribution in [0.25, 0.3) is 0 Å². The first-order chi connectivity index (χ1) is 13.9. The second-order valence-corrected chi connectivity index (χ2v) is 8.69. The van der Waals surface area contributed by atoms with Gasteiger partial charge in [-0.1, -0.05) is 13.0 Å². The zero-order valence-electron chi connectivity index (χ0n) is 16.8. The molecule has 156 valence electrons. The lowest BCUT2D eigenvalue weighted by Gasteiger charge is -2.63. The Hall–Kier alpha value is -2.21. The van der Waals surface area contributed by atoms with Crippen molar-refractivity contribution in [3.63, 3.8) is 0 Å². The molecule has 5 rings (SSSR count). The van der Waals surface area contributed by atoms with Crippen LogP contribution in [0.2, 0.25) is 0 Å². The average Bonchev–Trinajstić information content (AvgIpc) is 2.68. The van der Waals surface area contributed by atoms with Gasteiger partial charge in [-0.15, -0.1) is 0 Å². The maximum Gasteiger partial charge on any atom is 0.165 e. The van der Waals surface area contributed by atoms with E-state index in [0.717, 1.165) is 50.0 Å². The first-order valence-corrected chi connectivity index (χ1v) is 9.99. The minimum absolute atomic E-state index is 0.00978. The molecule has 2 saturated heterocycles. The van der Waals surface area contributed by atoms with E-state index in [1.165, 1.54) is 19.2 Å². The molecule has 3 aliphatic rings. The molecule has 0 aromatic heterocycles. The molecule has 0 atom stereocenters. The fourth-order valence-corrected chi connectivity index (χ4v) is 5.26. The van der Waals surface area contributed by atoms with Gasteiger partial charge < -0.3 is 9.47 Å². The van der Waals surface area contributed by atoms with Gasteiger partial charge in [-0.05, 0) is 54.5 Å². The Morgan fingerprint density at radius 1 is 0.931 bits per heavy atom. The Morgan fingerprint density at radius 3 is 2.34 bits per heavy atom. The molecule has 0 unspecified atom stereocenters. The highest BCUT2D eigenvalue weighted by molar-refractivity contribution is 5.29. The van der Waals surface area contributed by atoms with Crippen molar-refractivity contribution in [3.05, 3.63) is 59.4 Å². The normalized spacial score (nSPS) is 26.1. The number of ether oxygens (including phenoxy) is 2. The van der Waals surface area contributed by atoms with E-state index < -0.39 is 11.6 Å². The van der Waals surface area contributed by atoms with Gasteiger partial charge >= 0.3 is 0 Å². The topological polar surface area (TPSA) is 21.7 Å². The summed E-state index contributed by atoms with van der Waals surface area (Å²) in [6, 6.07) is 8.73. The molecule has 29 heavy (non-hydrogen) atoms. The van der Waals surface area contributed by atoms with Gasteiger partial charge in [-0.3, -0.25) is 4.90 Å². The number of halogens is 3. The number of benzene rings is 2. The van der Waals surface area contributed by atoms with Gasteiger partial charge in [0.2, 0.25) is 0 Å². The van der Waals surface area contributed by atoms with Crippen molar-refractivity contribution in [3.8, 4) is 11.5 Å². The third kappa shape index (κ3) is 3.95. The molecule has 2 aromatic rings. The molecule has 0 N–H and O–H groups in total. The molecule has 1 saturated carbocycles. The first-order valence-electron chi connectivity index (χ1n) is 9.99. The standard InChI is InChI=1S/C23H26F3NO2/c1-3-22-11-23(12-22,15-29-17-5-6-18(24)19(25)9-17)14-27(13-22)10-16-4-7-21(28-2)20(26)8-16/h4-9H,3,10-15H2,1-2H3. The van der Waals surface area contributed by atoms with Gasteiger partial charge in [-0.25, -0.2) is 13.2 Å². The number of piperidine rings is 2. The van der Waals surface area contributed by atoms with Crippen LogP contribution in [0, 0.1) is 28.3 Å². The van der Waals surface area contributed by atoms with Crippen molar-refractivity contribution in [1.29, 1.82) is 0 Å². The SMILES string of the molecule is CCC12CN(Cc3ccc(OC)c(F)c3)CC(COc3ccc(F)c(F)c3)(C1)C2. The second kappa shape index (κ2) is 7.56. The third-order valence-electron chi connectivity index (χ3n) is 6.43. The van der Waals surface area contributed by atoms with Crippen LogP contribution in [0.15, 0.2) is 36.4 Å². The van der Waals surface area contributed by atoms with Gasteiger partial charge in [-0.2, -0.15) is 0 Å². The van der Waals surface area contributed by atoms with E-state index in [9.17, 15) is 13.2 Å². The Morgan fingerprint density at radius 2 is 1.69 bits per heavy atom. The minimum Gasteiger partial charge on any atom is -0.494 e. The van der Waals surface area contributed by atoms with Crippen molar-refractivity contribution in [2.75, 3.05) is 26.8 Å². The monoisotopic (exact) mass is 405 g/mol. The highest BCUT2D eigenvalue weighted by atomic mass is 19.2. The summed E-state index contributed by atoms with van der Waals surface area (Å²) in [5, 5.41) is 0. The molecule has 0 amide bonds. The Kier molecular flexibility index (Phi) is 5.23. The molecule has 3 fully saturated rings. The Bertz CT molecular complexity index is 896. The summed E-state index contributed by atoms with van der Waals surface area (Å²) in [6.45, 7) is 5.15. The first kappa shape index (κ1) is 20.1. The van der Waals surface area contributed by atoms with Crippen LogP contribution in [0.1, 0.15) is 31.7 Å². The van der Waals surface area contributed by atoms with E-state index in [2.05, 4.69) is 11.8 Å². The zero-order valence-corrected chi connectivity index (χ0v) is 16.8. The van der Waals surface area contributed by atoms with Gasteiger partial charge in [0, 0.05) is 31.1 Å². The van der Waals surface area contributed by atoms with E-state index >= 15 is 0 Å². The summed E-state index contributed by atoms with van der Waals surface area (Å²) in [6.07, 6.45) is 3.20. The van der Waals surface area contributed by atoms with Crippen molar-refractivity contribution in [2.45, 2.75) is 32.7 Å². The molecular weight excluding hydrogens is 379 g/mol. The average molecular weight is 405 g/mol. The predicted octanol–water partition coefficient (Wildman–Crippen LogP) is 5.18. The summed E-state index contributed by atoms with van der Waals surface area (Å²) in [7, 11) is 1.46. The number of hydrogen-bond donors (Lipinski definition) is 0. The van der Waals surface area contributed by atoms with Gasteiger partial charge in [0.15, 0.2) is 23.2 Å². The van der Waals surface area contributed by atoms with Crippen molar-refractivity contribution < 1.29 is 22.6 Å². The fourth-order valence-electron chi connectivity index (χ4n) is 5.26. The molecule has 2 aromatic carbocycles. The van der Waals surface area contributed by atoms with Crippen LogP contribution in [0.5, 0.6) is 11.5 Å². The Balaban J connectivity index is 1.44. The molecule has 2 bridgehead atoms. The number of fused-ring (bicyclic) bond motifs is 2. The number of rotatable bonds is 7. The van der Waals surface area contributed by atoms with Crippen LogP contribution in [-0.2, 0) is 6.54 Å². The number of methoxy groups -OCH3 is 1. The maximum absolute atomic E-state index is 14.1. The Labute approximate surface area is 169 Å². The molecule has 3 nitrogen and oxygen atoms in total. The van der Waals surface area contributed by atoms with Crippen molar-refractivity contribution in [2.24, 2.45) is 10.8 Å². The zero-order chi connectivity index (χ0) is 20.6. The maximum atomic E-state index is 14.1. The van der Waals surface area contributed by atoms with Gasteiger partial charge in [0.25, 0.3) is 0 Å². The molecule has 2 aliphatic heterocycles. The van der Waals surface area contributed by atoms with E-state index in [0.29, 0.717) is 18.9 Å². The predicted molar refractivity (Wildman–Crippen MR) is 104 cm³/mol. The minimum atomic E-state index is -0.900. The molecule has 1 aliphatic carbocycles. The van der Waals surface area contributed by atoms with Crippen LogP contribution < -0.4 is 9.47 Å². The number of hydrogen-bond acceptors (Lipinski definition) is 3. The summed E-state index contributed by atoms with van der Waals surface area (Å²) in [5.74, 6) is -1.53. The van der Waals surface area contributed by atoms with Gasteiger partial charge in [0.1, 0.15) is 5.75 Å². The third-order valence-corrected chi connectivity index (χ3v) is 6.43. The van der Waals surface area contributed by atoms with Crippen LogP contribution in [0.4, 0.5) is 13.2 Å². The second-order valence-electron chi connectivity index (χ2n) is 8.69. The van der Waals surface area contributed by atoms with E-state index in [4.69, 9.17) is 9.47 Å². The molecule has 6 heteroatoms. The lowest BCUT2D eigenvalue weighted by atomic mass is 9.49. The lowest BCUT2D eigenvalue weighted by Crippen LogP contribution is -2.64. The molecule has 0 radical (unpaired) electrons. The fraction of sp³-hybridized carbons (Fsp3) is 0.478. The lowest BCUT2D eigenvalue weighted by molar-refractivity contribution is -0.155.